The SMILES string of the molecule is CN(CCC(N)=O)Cc1cccc(C(N)=S)c1. The maximum atomic E-state index is 10.7. The summed E-state index contributed by atoms with van der Waals surface area (Å²) in [5.41, 5.74) is 12.6. The molecule has 0 aliphatic rings. The zero-order chi connectivity index (χ0) is 12.8. The van der Waals surface area contributed by atoms with Gasteiger partial charge >= 0.3 is 0 Å². The first-order valence-corrected chi connectivity index (χ1v) is 5.75. The van der Waals surface area contributed by atoms with Gasteiger partial charge < -0.3 is 16.4 Å². The van der Waals surface area contributed by atoms with Crippen LogP contribution in [0.15, 0.2) is 24.3 Å². The average molecular weight is 251 g/mol. The van der Waals surface area contributed by atoms with Gasteiger partial charge in [-0.2, -0.15) is 0 Å². The average Bonchev–Trinajstić information content (AvgIpc) is 2.26. The number of nitrogens with zero attached hydrogens (tertiary/aromatic N) is 1. The number of rotatable bonds is 6. The van der Waals surface area contributed by atoms with Crippen molar-refractivity contribution in [3.05, 3.63) is 35.4 Å². The van der Waals surface area contributed by atoms with Crippen LogP contribution >= 0.6 is 12.2 Å². The van der Waals surface area contributed by atoms with Gasteiger partial charge in [0.1, 0.15) is 4.99 Å². The van der Waals surface area contributed by atoms with Gasteiger partial charge in [-0.3, -0.25) is 4.79 Å². The summed E-state index contributed by atoms with van der Waals surface area (Å²) in [7, 11) is 1.94. The van der Waals surface area contributed by atoms with Gasteiger partial charge in [-0.05, 0) is 18.7 Å². The smallest absolute Gasteiger partial charge is 0.218 e. The minimum Gasteiger partial charge on any atom is -0.389 e. The van der Waals surface area contributed by atoms with Gasteiger partial charge in [-0.1, -0.05) is 30.4 Å². The minimum absolute atomic E-state index is 0.284. The van der Waals surface area contributed by atoms with Gasteiger partial charge in [-0.25, -0.2) is 0 Å². The van der Waals surface area contributed by atoms with Gasteiger partial charge in [0.05, 0.1) is 0 Å². The lowest BCUT2D eigenvalue weighted by atomic mass is 10.1. The third-order valence-electron chi connectivity index (χ3n) is 2.40. The molecule has 0 aromatic heterocycles. The molecule has 1 rings (SSSR count). The van der Waals surface area contributed by atoms with Crippen molar-refractivity contribution in [1.29, 1.82) is 0 Å². The maximum absolute atomic E-state index is 10.7. The van der Waals surface area contributed by atoms with Crippen LogP contribution in [-0.4, -0.2) is 29.4 Å². The van der Waals surface area contributed by atoms with E-state index in [0.29, 0.717) is 18.0 Å². The first-order valence-electron chi connectivity index (χ1n) is 5.34. The number of nitrogens with two attached hydrogens (primary N) is 2. The molecule has 0 unspecified atom stereocenters. The lowest BCUT2D eigenvalue weighted by Crippen LogP contribution is -2.24. The second-order valence-corrected chi connectivity index (χ2v) is 4.46. The zero-order valence-electron chi connectivity index (χ0n) is 9.85. The first-order chi connectivity index (χ1) is 7.99. The molecular formula is C12H17N3OS. The highest BCUT2D eigenvalue weighted by molar-refractivity contribution is 7.80. The molecule has 0 saturated carbocycles. The van der Waals surface area contributed by atoms with Crippen molar-refractivity contribution in [1.82, 2.24) is 4.90 Å². The highest BCUT2D eigenvalue weighted by Gasteiger charge is 2.04. The summed E-state index contributed by atoms with van der Waals surface area (Å²) in [4.78, 5) is 13.1. The molecule has 0 aliphatic heterocycles. The fourth-order valence-electron chi connectivity index (χ4n) is 1.51. The Bertz CT molecular complexity index is 420. The van der Waals surface area contributed by atoms with Crippen LogP contribution in [0.5, 0.6) is 0 Å². The number of carbonyl (C=O) groups excluding carboxylic acids is 1. The number of primary amides is 1. The number of amides is 1. The Hall–Kier alpha value is -1.46. The number of hydrogen-bond donors (Lipinski definition) is 2. The van der Waals surface area contributed by atoms with E-state index in [1.54, 1.807) is 0 Å². The summed E-state index contributed by atoms with van der Waals surface area (Å²) in [5.74, 6) is -0.284. The molecule has 1 amide bonds. The van der Waals surface area contributed by atoms with Crippen LogP contribution in [0.1, 0.15) is 17.5 Å². The molecule has 0 fully saturated rings. The quantitative estimate of drug-likeness (QED) is 0.727. The fourth-order valence-corrected chi connectivity index (χ4v) is 1.64. The van der Waals surface area contributed by atoms with Crippen molar-refractivity contribution in [3.8, 4) is 0 Å². The Morgan fingerprint density at radius 1 is 1.41 bits per heavy atom. The number of thiocarbonyl (C=S) groups is 1. The summed E-state index contributed by atoms with van der Waals surface area (Å²) >= 11 is 4.92. The van der Waals surface area contributed by atoms with E-state index >= 15 is 0 Å². The van der Waals surface area contributed by atoms with E-state index in [0.717, 1.165) is 17.7 Å². The van der Waals surface area contributed by atoms with E-state index in [1.807, 2.05) is 36.2 Å². The first kappa shape index (κ1) is 13.6. The minimum atomic E-state index is -0.284. The van der Waals surface area contributed by atoms with Crippen molar-refractivity contribution < 1.29 is 4.79 Å². The van der Waals surface area contributed by atoms with Gasteiger partial charge in [0.2, 0.25) is 5.91 Å². The fraction of sp³-hybridized carbons (Fsp3) is 0.333. The van der Waals surface area contributed by atoms with Crippen LogP contribution in [0.25, 0.3) is 0 Å². The molecule has 0 saturated heterocycles. The second kappa shape index (κ2) is 6.32. The van der Waals surface area contributed by atoms with Crippen molar-refractivity contribution >= 4 is 23.1 Å². The molecule has 0 spiro atoms. The molecule has 0 radical (unpaired) electrons. The predicted molar refractivity (Wildman–Crippen MR) is 72.5 cm³/mol. The standard InChI is InChI=1S/C12H17N3OS/c1-15(6-5-11(13)16)8-9-3-2-4-10(7-9)12(14)17/h2-4,7H,5-6,8H2,1H3,(H2,13,16)(H2,14,17). The summed E-state index contributed by atoms with van der Waals surface area (Å²) in [6.45, 7) is 1.39. The molecule has 0 aliphatic carbocycles. The van der Waals surface area contributed by atoms with E-state index in [4.69, 9.17) is 23.7 Å². The molecule has 4 nitrogen and oxygen atoms in total. The largest absolute Gasteiger partial charge is 0.389 e. The van der Waals surface area contributed by atoms with E-state index in [9.17, 15) is 4.79 Å². The monoisotopic (exact) mass is 251 g/mol. The summed E-state index contributed by atoms with van der Waals surface area (Å²) in [6.07, 6.45) is 0.367. The van der Waals surface area contributed by atoms with E-state index in [1.165, 1.54) is 0 Å². The zero-order valence-corrected chi connectivity index (χ0v) is 10.7. The second-order valence-electron chi connectivity index (χ2n) is 4.02. The predicted octanol–water partition coefficient (Wildman–Crippen LogP) is 0.628. The summed E-state index contributed by atoms with van der Waals surface area (Å²) in [5, 5.41) is 0. The van der Waals surface area contributed by atoms with E-state index < -0.39 is 0 Å². The maximum Gasteiger partial charge on any atom is 0.218 e. The summed E-state index contributed by atoms with van der Waals surface area (Å²) in [6, 6.07) is 7.77. The van der Waals surface area contributed by atoms with Crippen molar-refractivity contribution in [2.75, 3.05) is 13.6 Å². The highest BCUT2D eigenvalue weighted by Crippen LogP contribution is 2.07. The molecule has 92 valence electrons. The van der Waals surface area contributed by atoms with Crippen LogP contribution in [0, 0.1) is 0 Å². The third-order valence-corrected chi connectivity index (χ3v) is 2.64. The van der Waals surface area contributed by atoms with Gasteiger partial charge in [-0.15, -0.1) is 0 Å². The van der Waals surface area contributed by atoms with E-state index in [-0.39, 0.29) is 5.91 Å². The summed E-state index contributed by atoms with van der Waals surface area (Å²) < 4.78 is 0. The van der Waals surface area contributed by atoms with Crippen LogP contribution < -0.4 is 11.5 Å². The lowest BCUT2D eigenvalue weighted by molar-refractivity contribution is -0.118. The van der Waals surface area contributed by atoms with Crippen LogP contribution in [0.2, 0.25) is 0 Å². The Balaban J connectivity index is 2.58. The Morgan fingerprint density at radius 2 is 2.12 bits per heavy atom. The molecular weight excluding hydrogens is 234 g/mol. The number of hydrogen-bond acceptors (Lipinski definition) is 3. The molecule has 0 bridgehead atoms. The number of carbonyl (C=O) groups is 1. The molecule has 0 atom stereocenters. The molecule has 1 aromatic carbocycles. The van der Waals surface area contributed by atoms with Gasteiger partial charge in [0, 0.05) is 25.1 Å². The normalized spacial score (nSPS) is 10.5. The highest BCUT2D eigenvalue weighted by atomic mass is 32.1. The van der Waals surface area contributed by atoms with Crippen LogP contribution in [0.4, 0.5) is 0 Å². The van der Waals surface area contributed by atoms with Crippen molar-refractivity contribution in [2.45, 2.75) is 13.0 Å². The third kappa shape index (κ3) is 4.93. The molecule has 17 heavy (non-hydrogen) atoms. The Kier molecular flexibility index (Phi) is 5.06. The Morgan fingerprint density at radius 3 is 2.71 bits per heavy atom. The topological polar surface area (TPSA) is 72.3 Å². The van der Waals surface area contributed by atoms with Crippen LogP contribution in [-0.2, 0) is 11.3 Å². The Labute approximate surface area is 107 Å². The van der Waals surface area contributed by atoms with Gasteiger partial charge in [0.15, 0.2) is 0 Å². The van der Waals surface area contributed by atoms with Crippen molar-refractivity contribution in [3.63, 3.8) is 0 Å². The van der Waals surface area contributed by atoms with Crippen LogP contribution in [0.3, 0.4) is 0 Å². The number of benzene rings is 1. The molecule has 4 N–H and O–H groups in total. The molecule has 0 heterocycles. The van der Waals surface area contributed by atoms with E-state index in [2.05, 4.69) is 0 Å². The molecule has 5 heteroatoms. The molecule has 1 aromatic rings. The van der Waals surface area contributed by atoms with Gasteiger partial charge in [0.25, 0.3) is 0 Å². The lowest BCUT2D eigenvalue weighted by Gasteiger charge is -2.16. The van der Waals surface area contributed by atoms with Crippen molar-refractivity contribution in [2.24, 2.45) is 11.5 Å².